The van der Waals surface area contributed by atoms with Crippen LogP contribution in [0.5, 0.6) is 0 Å². The first kappa shape index (κ1) is 20.2. The molecule has 2 N–H and O–H groups in total. The Labute approximate surface area is 165 Å². The zero-order chi connectivity index (χ0) is 20.1. The Hall–Kier alpha value is -2.52. The van der Waals surface area contributed by atoms with E-state index >= 15 is 0 Å². The summed E-state index contributed by atoms with van der Waals surface area (Å²) in [5, 5.41) is 2.28. The predicted octanol–water partition coefficient (Wildman–Crippen LogP) is 2.47. The zero-order valence-electron chi connectivity index (χ0n) is 16.0. The highest BCUT2D eigenvalue weighted by Crippen LogP contribution is 2.17. The molecule has 1 aliphatic rings. The molecule has 2 amide bonds. The number of amides is 2. The molecule has 1 aliphatic heterocycles. The lowest BCUT2D eigenvalue weighted by molar-refractivity contribution is 0.193. The molecule has 1 fully saturated rings. The van der Waals surface area contributed by atoms with Gasteiger partial charge in [-0.15, -0.1) is 0 Å². The highest BCUT2D eigenvalue weighted by Gasteiger charge is 2.27. The van der Waals surface area contributed by atoms with Gasteiger partial charge in [-0.3, -0.25) is 10.3 Å². The molecule has 1 saturated heterocycles. The topological polar surface area (TPSA) is 104 Å². The van der Waals surface area contributed by atoms with Gasteiger partial charge in [0, 0.05) is 24.7 Å². The van der Waals surface area contributed by atoms with Crippen molar-refractivity contribution in [3.8, 4) is 11.3 Å². The van der Waals surface area contributed by atoms with Gasteiger partial charge in [-0.25, -0.2) is 22.9 Å². The highest BCUT2D eigenvalue weighted by atomic mass is 32.2. The molecule has 8 nitrogen and oxygen atoms in total. The zero-order valence-corrected chi connectivity index (χ0v) is 16.8. The van der Waals surface area contributed by atoms with E-state index in [0.29, 0.717) is 31.7 Å². The number of rotatable bonds is 5. The number of anilines is 1. The Balaban J connectivity index is 1.52. The van der Waals surface area contributed by atoms with Crippen LogP contribution in [0.2, 0.25) is 0 Å². The first-order valence-corrected chi connectivity index (χ1v) is 10.8. The third kappa shape index (κ3) is 5.05. The van der Waals surface area contributed by atoms with Gasteiger partial charge in [0.1, 0.15) is 0 Å². The van der Waals surface area contributed by atoms with E-state index in [0.717, 1.165) is 11.3 Å². The molecule has 0 radical (unpaired) electrons. The number of hydrogen-bond donors (Lipinski definition) is 2. The molecule has 0 spiro atoms. The Kier molecular flexibility index (Phi) is 6.25. The normalized spacial score (nSPS) is 15.6. The maximum atomic E-state index is 12.4. The van der Waals surface area contributed by atoms with Gasteiger partial charge in [0.25, 0.3) is 0 Å². The Bertz CT molecular complexity index is 893. The van der Waals surface area contributed by atoms with Crippen LogP contribution in [-0.4, -0.2) is 53.7 Å². The molecular weight excluding hydrogens is 378 g/mol. The molecule has 1 aromatic heterocycles. The van der Waals surface area contributed by atoms with E-state index in [1.165, 1.54) is 6.20 Å². The molecule has 0 unspecified atom stereocenters. The molecule has 150 valence electrons. The summed E-state index contributed by atoms with van der Waals surface area (Å²) in [6.07, 6.45) is 4.32. The first-order chi connectivity index (χ1) is 13.3. The lowest BCUT2D eigenvalue weighted by Crippen LogP contribution is -2.48. The minimum absolute atomic E-state index is 0.138. The number of aromatic nitrogens is 2. The number of nitrogens with one attached hydrogen (secondary N) is 2. The predicted molar refractivity (Wildman–Crippen MR) is 108 cm³/mol. The van der Waals surface area contributed by atoms with Crippen LogP contribution in [0.1, 0.15) is 26.7 Å². The largest absolute Gasteiger partial charge is 0.324 e. The van der Waals surface area contributed by atoms with Gasteiger partial charge >= 0.3 is 6.03 Å². The van der Waals surface area contributed by atoms with E-state index in [1.54, 1.807) is 24.9 Å². The minimum Gasteiger partial charge on any atom is -0.324 e. The summed E-state index contributed by atoms with van der Waals surface area (Å²) in [6, 6.07) is 9.28. The number of sulfonamides is 1. The van der Waals surface area contributed by atoms with E-state index in [9.17, 15) is 13.2 Å². The number of urea groups is 1. The van der Waals surface area contributed by atoms with Gasteiger partial charge in [-0.1, -0.05) is 30.3 Å². The fraction of sp³-hybridized carbons (Fsp3) is 0.421. The second kappa shape index (κ2) is 8.66. The summed E-state index contributed by atoms with van der Waals surface area (Å²) in [4.78, 5) is 22.7. The van der Waals surface area contributed by atoms with Gasteiger partial charge < -0.3 is 4.90 Å². The molecular formula is C19H25N5O3S. The standard InChI is InChI=1S/C19H25N5O3S/c1-14(2)28(26,27)23-16-8-10-24(11-9-16)19(25)22-18-13-20-17(12-21-18)15-6-4-3-5-7-15/h3-7,12-14,16,23H,8-11H2,1-2H3,(H,21,22,25). The molecule has 3 rings (SSSR count). The second-order valence-electron chi connectivity index (χ2n) is 7.06. The summed E-state index contributed by atoms with van der Waals surface area (Å²) < 4.78 is 26.6. The van der Waals surface area contributed by atoms with Crippen molar-refractivity contribution in [1.82, 2.24) is 19.6 Å². The van der Waals surface area contributed by atoms with Crippen molar-refractivity contribution in [2.75, 3.05) is 18.4 Å². The van der Waals surface area contributed by atoms with Crippen LogP contribution in [0.25, 0.3) is 11.3 Å². The summed E-state index contributed by atoms with van der Waals surface area (Å²) >= 11 is 0. The smallest absolute Gasteiger partial charge is 0.323 e. The minimum atomic E-state index is -3.30. The molecule has 1 aromatic carbocycles. The number of carbonyl (C=O) groups is 1. The molecule has 0 saturated carbocycles. The monoisotopic (exact) mass is 403 g/mol. The van der Waals surface area contributed by atoms with Crippen molar-refractivity contribution in [1.29, 1.82) is 0 Å². The van der Waals surface area contributed by atoms with Crippen molar-refractivity contribution < 1.29 is 13.2 Å². The average molecular weight is 404 g/mol. The summed E-state index contributed by atoms with van der Waals surface area (Å²) in [5.41, 5.74) is 1.69. The lowest BCUT2D eigenvalue weighted by atomic mass is 10.1. The maximum absolute atomic E-state index is 12.4. The summed E-state index contributed by atoms with van der Waals surface area (Å²) in [6.45, 7) is 4.25. The van der Waals surface area contributed by atoms with Crippen molar-refractivity contribution in [3.05, 3.63) is 42.7 Å². The number of likely N-dealkylation sites (tertiary alicyclic amines) is 1. The van der Waals surface area contributed by atoms with Crippen molar-refractivity contribution >= 4 is 21.9 Å². The highest BCUT2D eigenvalue weighted by molar-refractivity contribution is 7.90. The van der Waals surface area contributed by atoms with E-state index in [-0.39, 0.29) is 12.1 Å². The number of nitrogens with zero attached hydrogens (tertiary/aromatic N) is 3. The van der Waals surface area contributed by atoms with Crippen LogP contribution in [0.4, 0.5) is 10.6 Å². The van der Waals surface area contributed by atoms with E-state index in [2.05, 4.69) is 20.0 Å². The quantitative estimate of drug-likeness (QED) is 0.798. The van der Waals surface area contributed by atoms with Crippen molar-refractivity contribution in [3.63, 3.8) is 0 Å². The maximum Gasteiger partial charge on any atom is 0.323 e. The molecule has 2 aromatic rings. The van der Waals surface area contributed by atoms with E-state index in [1.807, 2.05) is 30.3 Å². The number of hydrogen-bond acceptors (Lipinski definition) is 5. The van der Waals surface area contributed by atoms with Gasteiger partial charge in [-0.2, -0.15) is 0 Å². The number of carbonyl (C=O) groups excluding carboxylic acids is 1. The van der Waals surface area contributed by atoms with E-state index in [4.69, 9.17) is 0 Å². The molecule has 0 bridgehead atoms. The van der Waals surface area contributed by atoms with Gasteiger partial charge in [-0.05, 0) is 26.7 Å². The molecule has 0 aliphatic carbocycles. The molecule has 28 heavy (non-hydrogen) atoms. The Morgan fingerprint density at radius 1 is 1.11 bits per heavy atom. The van der Waals surface area contributed by atoms with Crippen LogP contribution in [-0.2, 0) is 10.0 Å². The third-order valence-corrected chi connectivity index (χ3v) is 6.59. The van der Waals surface area contributed by atoms with Crippen LogP contribution < -0.4 is 10.0 Å². The number of piperidine rings is 1. The third-order valence-electron chi connectivity index (χ3n) is 4.69. The fourth-order valence-electron chi connectivity index (χ4n) is 2.91. The van der Waals surface area contributed by atoms with Crippen LogP contribution in [0.3, 0.4) is 0 Å². The van der Waals surface area contributed by atoms with Crippen LogP contribution in [0.15, 0.2) is 42.7 Å². The van der Waals surface area contributed by atoms with E-state index < -0.39 is 15.3 Å². The van der Waals surface area contributed by atoms with Gasteiger partial charge in [0.2, 0.25) is 10.0 Å². The average Bonchev–Trinajstić information content (AvgIpc) is 2.69. The molecule has 0 atom stereocenters. The molecule has 9 heteroatoms. The van der Waals surface area contributed by atoms with Crippen LogP contribution in [0, 0.1) is 0 Å². The molecule has 2 heterocycles. The second-order valence-corrected chi connectivity index (χ2v) is 9.32. The lowest BCUT2D eigenvalue weighted by Gasteiger charge is -2.32. The number of benzene rings is 1. The van der Waals surface area contributed by atoms with Crippen LogP contribution >= 0.6 is 0 Å². The van der Waals surface area contributed by atoms with Gasteiger partial charge in [0.15, 0.2) is 5.82 Å². The Morgan fingerprint density at radius 2 is 1.79 bits per heavy atom. The van der Waals surface area contributed by atoms with Crippen molar-refractivity contribution in [2.45, 2.75) is 38.0 Å². The van der Waals surface area contributed by atoms with Gasteiger partial charge in [0.05, 0.1) is 23.3 Å². The summed E-state index contributed by atoms with van der Waals surface area (Å²) in [5.74, 6) is 0.382. The summed E-state index contributed by atoms with van der Waals surface area (Å²) in [7, 11) is -3.30. The van der Waals surface area contributed by atoms with Crippen molar-refractivity contribution in [2.24, 2.45) is 0 Å². The first-order valence-electron chi connectivity index (χ1n) is 9.29. The SMILES string of the molecule is CC(C)S(=O)(=O)NC1CCN(C(=O)Nc2cnc(-c3ccccc3)cn2)CC1. The Morgan fingerprint density at radius 3 is 2.36 bits per heavy atom. The fourth-order valence-corrected chi connectivity index (χ4v) is 3.88.